The van der Waals surface area contributed by atoms with Crippen LogP contribution in [-0.4, -0.2) is 52.9 Å². The third-order valence-corrected chi connectivity index (χ3v) is 2.74. The van der Waals surface area contributed by atoms with Gasteiger partial charge in [0, 0.05) is 25.3 Å². The number of rotatable bonds is 8. The molecular formula is C14H24N2O2. The summed E-state index contributed by atoms with van der Waals surface area (Å²) in [7, 11) is 7.79. The van der Waals surface area contributed by atoms with Gasteiger partial charge in [-0.05, 0) is 27.2 Å². The number of nitrogens with one attached hydrogen (secondary N) is 1. The molecule has 0 fully saturated rings. The smallest absolute Gasteiger partial charge is 0.124 e. The van der Waals surface area contributed by atoms with Crippen LogP contribution in [0.1, 0.15) is 11.6 Å². The largest absolute Gasteiger partial charge is 0.491 e. The number of hydrogen-bond acceptors (Lipinski definition) is 4. The van der Waals surface area contributed by atoms with Crippen LogP contribution in [0.25, 0.3) is 0 Å². The minimum atomic E-state index is 0.263. The zero-order valence-electron chi connectivity index (χ0n) is 11.8. The first-order valence-corrected chi connectivity index (χ1v) is 6.21. The van der Waals surface area contributed by atoms with Crippen LogP contribution in [0.4, 0.5) is 0 Å². The maximum atomic E-state index is 5.76. The van der Waals surface area contributed by atoms with E-state index in [9.17, 15) is 0 Å². The normalized spacial score (nSPS) is 12.7. The molecular weight excluding hydrogens is 228 g/mol. The van der Waals surface area contributed by atoms with E-state index in [2.05, 4.69) is 30.4 Å². The molecule has 4 heteroatoms. The van der Waals surface area contributed by atoms with E-state index in [1.807, 2.05) is 25.2 Å². The first-order valence-electron chi connectivity index (χ1n) is 6.21. The maximum Gasteiger partial charge on any atom is 0.124 e. The first-order chi connectivity index (χ1) is 8.69. The Morgan fingerprint density at radius 3 is 2.56 bits per heavy atom. The van der Waals surface area contributed by atoms with Crippen LogP contribution < -0.4 is 10.1 Å². The highest BCUT2D eigenvalue weighted by molar-refractivity contribution is 5.36. The highest BCUT2D eigenvalue weighted by Crippen LogP contribution is 2.25. The van der Waals surface area contributed by atoms with E-state index in [1.54, 1.807) is 7.11 Å². The molecule has 1 N–H and O–H groups in total. The Hall–Kier alpha value is -1.10. The molecule has 1 rings (SSSR count). The molecule has 18 heavy (non-hydrogen) atoms. The number of methoxy groups -OCH3 is 1. The Morgan fingerprint density at radius 2 is 1.94 bits per heavy atom. The predicted molar refractivity (Wildman–Crippen MR) is 74.2 cm³/mol. The molecule has 0 aliphatic rings. The molecule has 1 unspecified atom stereocenters. The number of ether oxygens (including phenoxy) is 2. The van der Waals surface area contributed by atoms with Gasteiger partial charge in [-0.1, -0.05) is 18.2 Å². The van der Waals surface area contributed by atoms with E-state index < -0.39 is 0 Å². The van der Waals surface area contributed by atoms with E-state index in [4.69, 9.17) is 9.47 Å². The Morgan fingerprint density at radius 1 is 1.22 bits per heavy atom. The highest BCUT2D eigenvalue weighted by atomic mass is 16.5. The molecule has 102 valence electrons. The van der Waals surface area contributed by atoms with Crippen LogP contribution in [0, 0.1) is 0 Å². The minimum Gasteiger partial charge on any atom is -0.491 e. The van der Waals surface area contributed by atoms with Crippen molar-refractivity contribution in [2.45, 2.75) is 6.04 Å². The standard InChI is InChI=1S/C14H24N2O2/c1-15-13(11-16(2)3)12-7-5-6-8-14(12)18-10-9-17-4/h5-8,13,15H,9-11H2,1-4H3. The van der Waals surface area contributed by atoms with Gasteiger partial charge in [-0.3, -0.25) is 0 Å². The summed E-state index contributed by atoms with van der Waals surface area (Å²) in [4.78, 5) is 2.16. The van der Waals surface area contributed by atoms with Crippen molar-refractivity contribution in [3.05, 3.63) is 29.8 Å². The lowest BCUT2D eigenvalue weighted by molar-refractivity contribution is 0.145. The average molecular weight is 252 g/mol. The van der Waals surface area contributed by atoms with Gasteiger partial charge < -0.3 is 19.7 Å². The predicted octanol–water partition coefficient (Wildman–Crippen LogP) is 1.53. The molecule has 0 radical (unpaired) electrons. The van der Waals surface area contributed by atoms with Crippen molar-refractivity contribution in [3.63, 3.8) is 0 Å². The van der Waals surface area contributed by atoms with Gasteiger partial charge >= 0.3 is 0 Å². The van der Waals surface area contributed by atoms with Gasteiger partial charge in [0.2, 0.25) is 0 Å². The summed E-state index contributed by atoms with van der Waals surface area (Å²) in [6.45, 7) is 2.11. The van der Waals surface area contributed by atoms with Crippen molar-refractivity contribution < 1.29 is 9.47 Å². The molecule has 0 amide bonds. The second-order valence-corrected chi connectivity index (χ2v) is 4.48. The summed E-state index contributed by atoms with van der Waals surface area (Å²) in [5.74, 6) is 0.927. The van der Waals surface area contributed by atoms with E-state index in [0.717, 1.165) is 12.3 Å². The Labute approximate surface area is 110 Å². The molecule has 0 bridgehead atoms. The summed E-state index contributed by atoms with van der Waals surface area (Å²) in [5.41, 5.74) is 1.19. The summed E-state index contributed by atoms with van der Waals surface area (Å²) in [5, 5.41) is 3.33. The maximum absolute atomic E-state index is 5.76. The number of benzene rings is 1. The van der Waals surface area contributed by atoms with E-state index in [-0.39, 0.29) is 6.04 Å². The SMILES string of the molecule is CNC(CN(C)C)c1ccccc1OCCOC. The van der Waals surface area contributed by atoms with E-state index in [0.29, 0.717) is 13.2 Å². The zero-order valence-corrected chi connectivity index (χ0v) is 11.8. The molecule has 1 atom stereocenters. The quantitative estimate of drug-likeness (QED) is 0.712. The van der Waals surface area contributed by atoms with E-state index in [1.165, 1.54) is 5.56 Å². The van der Waals surface area contributed by atoms with Crippen LogP contribution in [0.5, 0.6) is 5.75 Å². The second kappa shape index (κ2) is 8.08. The molecule has 0 saturated carbocycles. The number of nitrogens with zero attached hydrogens (tertiary/aromatic N) is 1. The van der Waals surface area contributed by atoms with Crippen LogP contribution >= 0.6 is 0 Å². The van der Waals surface area contributed by atoms with Gasteiger partial charge in [0.25, 0.3) is 0 Å². The van der Waals surface area contributed by atoms with Crippen molar-refractivity contribution in [1.29, 1.82) is 0 Å². The fourth-order valence-electron chi connectivity index (χ4n) is 1.85. The summed E-state index contributed by atoms with van der Waals surface area (Å²) >= 11 is 0. The van der Waals surface area contributed by atoms with Gasteiger partial charge in [0.05, 0.1) is 6.61 Å². The average Bonchev–Trinajstić information content (AvgIpc) is 2.37. The summed E-state index contributed by atoms with van der Waals surface area (Å²) in [6.07, 6.45) is 0. The molecule has 0 aliphatic carbocycles. The first kappa shape index (κ1) is 15.0. The molecule has 4 nitrogen and oxygen atoms in total. The Kier molecular flexibility index (Phi) is 6.72. The van der Waals surface area contributed by atoms with Gasteiger partial charge in [0.15, 0.2) is 0 Å². The van der Waals surface area contributed by atoms with Gasteiger partial charge in [0.1, 0.15) is 12.4 Å². The number of hydrogen-bond donors (Lipinski definition) is 1. The topological polar surface area (TPSA) is 33.7 Å². The summed E-state index contributed by atoms with van der Waals surface area (Å²) < 4.78 is 10.8. The highest BCUT2D eigenvalue weighted by Gasteiger charge is 2.14. The zero-order chi connectivity index (χ0) is 13.4. The number of likely N-dealkylation sites (N-methyl/N-ethyl adjacent to an activating group) is 2. The Bertz CT molecular complexity index is 342. The van der Waals surface area contributed by atoms with Crippen molar-refractivity contribution >= 4 is 0 Å². The molecule has 0 spiro atoms. The molecule has 1 aromatic rings. The third kappa shape index (κ3) is 4.64. The molecule has 1 aromatic carbocycles. The molecule has 0 heterocycles. The van der Waals surface area contributed by atoms with Crippen LogP contribution in [0.3, 0.4) is 0 Å². The monoisotopic (exact) mass is 252 g/mol. The van der Waals surface area contributed by atoms with Gasteiger partial charge in [-0.15, -0.1) is 0 Å². The number of para-hydroxylation sites is 1. The fourth-order valence-corrected chi connectivity index (χ4v) is 1.85. The van der Waals surface area contributed by atoms with Crippen molar-refractivity contribution in [1.82, 2.24) is 10.2 Å². The van der Waals surface area contributed by atoms with Crippen LogP contribution in [0.15, 0.2) is 24.3 Å². The Balaban J connectivity index is 2.78. The van der Waals surface area contributed by atoms with Gasteiger partial charge in [-0.25, -0.2) is 0 Å². The fraction of sp³-hybridized carbons (Fsp3) is 0.571. The summed E-state index contributed by atoms with van der Waals surface area (Å²) in [6, 6.07) is 8.41. The van der Waals surface area contributed by atoms with Crippen molar-refractivity contribution in [2.24, 2.45) is 0 Å². The lowest BCUT2D eigenvalue weighted by atomic mass is 10.1. The van der Waals surface area contributed by atoms with Crippen LogP contribution in [-0.2, 0) is 4.74 Å². The molecule has 0 saturated heterocycles. The van der Waals surface area contributed by atoms with Gasteiger partial charge in [-0.2, -0.15) is 0 Å². The lowest BCUT2D eigenvalue weighted by Gasteiger charge is -2.23. The van der Waals surface area contributed by atoms with Crippen LogP contribution in [0.2, 0.25) is 0 Å². The lowest BCUT2D eigenvalue weighted by Crippen LogP contribution is -2.29. The van der Waals surface area contributed by atoms with E-state index >= 15 is 0 Å². The minimum absolute atomic E-state index is 0.263. The molecule has 0 aliphatic heterocycles. The van der Waals surface area contributed by atoms with Crippen molar-refractivity contribution in [3.8, 4) is 5.75 Å². The molecule has 0 aromatic heterocycles. The van der Waals surface area contributed by atoms with Crippen molar-refractivity contribution in [2.75, 3.05) is 48.0 Å². The second-order valence-electron chi connectivity index (χ2n) is 4.48. The third-order valence-electron chi connectivity index (χ3n) is 2.74.